The first-order chi connectivity index (χ1) is 17.8. The number of ether oxygens (including phenoxy) is 2. The molecule has 1 saturated heterocycles. The Hall–Kier alpha value is -3.07. The Bertz CT molecular complexity index is 1240. The summed E-state index contributed by atoms with van der Waals surface area (Å²) in [4.78, 5) is 21.2. The maximum absolute atomic E-state index is 12.4. The van der Waals surface area contributed by atoms with Gasteiger partial charge in [0.25, 0.3) is 0 Å². The second-order valence-corrected chi connectivity index (χ2v) is 10.8. The van der Waals surface area contributed by atoms with Crippen molar-refractivity contribution in [1.29, 1.82) is 0 Å². The lowest BCUT2D eigenvalue weighted by Crippen LogP contribution is -2.56. The molecule has 198 valence electrons. The van der Waals surface area contributed by atoms with Crippen molar-refractivity contribution in [2.75, 3.05) is 53.0 Å². The van der Waals surface area contributed by atoms with Gasteiger partial charge >= 0.3 is 0 Å². The Morgan fingerprint density at radius 2 is 1.95 bits per heavy atom. The van der Waals surface area contributed by atoms with Crippen molar-refractivity contribution < 1.29 is 14.3 Å². The minimum Gasteiger partial charge on any atom is -0.497 e. The third-order valence-corrected chi connectivity index (χ3v) is 7.81. The normalized spacial score (nSPS) is 20.3. The van der Waals surface area contributed by atoms with E-state index in [2.05, 4.69) is 32.2 Å². The van der Waals surface area contributed by atoms with E-state index in [9.17, 15) is 4.79 Å². The van der Waals surface area contributed by atoms with Gasteiger partial charge in [0.2, 0.25) is 5.91 Å². The number of aromatic amines is 1. The summed E-state index contributed by atoms with van der Waals surface area (Å²) in [6.07, 6.45) is 1.98. The van der Waals surface area contributed by atoms with Crippen LogP contribution in [-0.4, -0.2) is 79.2 Å². The second-order valence-electron chi connectivity index (χ2n) is 10.8. The predicted molar refractivity (Wildman–Crippen MR) is 146 cm³/mol. The first-order valence-electron chi connectivity index (χ1n) is 13.2. The van der Waals surface area contributed by atoms with E-state index in [-0.39, 0.29) is 11.4 Å². The highest BCUT2D eigenvalue weighted by Gasteiger charge is 2.48. The molecule has 1 unspecified atom stereocenters. The fourth-order valence-corrected chi connectivity index (χ4v) is 5.82. The molecule has 8 nitrogen and oxygen atoms in total. The summed E-state index contributed by atoms with van der Waals surface area (Å²) in [5.74, 6) is 1.66. The molecule has 1 fully saturated rings. The number of hydrogen-bond acceptors (Lipinski definition) is 6. The average molecular weight is 506 g/mol. The molecule has 0 bridgehead atoms. The molecule has 2 aliphatic heterocycles. The van der Waals surface area contributed by atoms with Gasteiger partial charge in [0.05, 0.1) is 18.2 Å². The molecule has 1 aromatic heterocycles. The highest BCUT2D eigenvalue weighted by atomic mass is 16.5. The quantitative estimate of drug-likeness (QED) is 0.414. The molecule has 3 aromatic rings. The fourth-order valence-electron chi connectivity index (χ4n) is 5.82. The van der Waals surface area contributed by atoms with Crippen LogP contribution in [0.15, 0.2) is 48.5 Å². The van der Waals surface area contributed by atoms with Gasteiger partial charge < -0.3 is 25.5 Å². The van der Waals surface area contributed by atoms with Gasteiger partial charge in [-0.05, 0) is 62.6 Å². The zero-order chi connectivity index (χ0) is 26.0. The van der Waals surface area contributed by atoms with E-state index >= 15 is 0 Å². The van der Waals surface area contributed by atoms with Crippen molar-refractivity contribution in [3.63, 3.8) is 0 Å². The van der Waals surface area contributed by atoms with Crippen molar-refractivity contribution in [2.24, 2.45) is 5.73 Å². The number of amides is 1. The topological polar surface area (TPSA) is 95.8 Å². The van der Waals surface area contributed by atoms with Crippen molar-refractivity contribution in [2.45, 2.75) is 37.8 Å². The molecule has 37 heavy (non-hydrogen) atoms. The molecular weight excluding hydrogens is 466 g/mol. The van der Waals surface area contributed by atoms with Gasteiger partial charge in [0.1, 0.15) is 18.1 Å². The molecule has 3 heterocycles. The van der Waals surface area contributed by atoms with E-state index in [1.807, 2.05) is 36.4 Å². The molecule has 1 atom stereocenters. The first-order valence-corrected chi connectivity index (χ1v) is 13.2. The van der Waals surface area contributed by atoms with Crippen LogP contribution in [-0.2, 0) is 16.8 Å². The van der Waals surface area contributed by atoms with Crippen molar-refractivity contribution >= 4 is 16.8 Å². The van der Waals surface area contributed by atoms with Crippen LogP contribution in [0.1, 0.15) is 31.5 Å². The molecule has 2 aromatic carbocycles. The summed E-state index contributed by atoms with van der Waals surface area (Å²) in [5.41, 5.74) is 8.81. The second kappa shape index (κ2) is 10.4. The van der Waals surface area contributed by atoms with E-state index in [4.69, 9.17) is 15.2 Å². The molecule has 1 spiro atoms. The maximum atomic E-state index is 12.4. The fraction of sp³-hybridized carbons (Fsp3) is 0.483. The van der Waals surface area contributed by atoms with Crippen molar-refractivity contribution in [1.82, 2.24) is 20.1 Å². The van der Waals surface area contributed by atoms with Gasteiger partial charge in [-0.15, -0.1) is 0 Å². The van der Waals surface area contributed by atoms with Gasteiger partial charge in [-0.3, -0.25) is 14.6 Å². The number of carbonyl (C=O) groups is 1. The number of nitrogens with zero attached hydrogens (tertiary/aromatic N) is 2. The van der Waals surface area contributed by atoms with Crippen LogP contribution >= 0.6 is 0 Å². The Labute approximate surface area is 219 Å². The van der Waals surface area contributed by atoms with Gasteiger partial charge in [0, 0.05) is 55.9 Å². The number of methoxy groups -OCH3 is 1. The van der Waals surface area contributed by atoms with Crippen LogP contribution in [0.5, 0.6) is 11.5 Å². The number of rotatable bonds is 9. The number of aromatic nitrogens is 1. The number of carbonyl (C=O) groups excluding carboxylic acids is 1. The van der Waals surface area contributed by atoms with Crippen molar-refractivity contribution in [3.05, 3.63) is 59.8 Å². The van der Waals surface area contributed by atoms with Gasteiger partial charge in [-0.2, -0.15) is 0 Å². The third-order valence-electron chi connectivity index (χ3n) is 7.81. The zero-order valence-electron chi connectivity index (χ0n) is 22.2. The molecule has 1 amide bonds. The molecule has 8 heteroatoms. The molecule has 4 N–H and O–H groups in total. The number of para-hydroxylation sites is 1. The summed E-state index contributed by atoms with van der Waals surface area (Å²) in [6, 6.07) is 16.3. The Morgan fingerprint density at radius 1 is 1.14 bits per heavy atom. The van der Waals surface area contributed by atoms with E-state index in [0.717, 1.165) is 62.6 Å². The third kappa shape index (κ3) is 5.19. The summed E-state index contributed by atoms with van der Waals surface area (Å²) in [7, 11) is 1.72. The van der Waals surface area contributed by atoms with E-state index in [0.29, 0.717) is 13.2 Å². The van der Waals surface area contributed by atoms with E-state index in [1.165, 1.54) is 16.6 Å². The summed E-state index contributed by atoms with van der Waals surface area (Å²) in [6.45, 7) is 9.19. The first kappa shape index (κ1) is 25.6. The standard InChI is InChI=1S/C29H39N5O3/c1-28(2,30)27(35)31-13-16-34-14-11-23-24-19-22(36-3)9-10-25(24)32-26(23)29(34)12-15-33(20-29)17-18-37-21-7-5-4-6-8-21/h4-10,19,32H,11-18,20,30H2,1-3H3,(H,31,35). The minimum absolute atomic E-state index is 0.122. The summed E-state index contributed by atoms with van der Waals surface area (Å²) in [5, 5.41) is 4.29. The monoisotopic (exact) mass is 505 g/mol. The highest BCUT2D eigenvalue weighted by Crippen LogP contribution is 2.44. The van der Waals surface area contributed by atoms with Crippen LogP contribution in [0.3, 0.4) is 0 Å². The van der Waals surface area contributed by atoms with Gasteiger partial charge in [-0.25, -0.2) is 0 Å². The van der Waals surface area contributed by atoms with Crippen LogP contribution in [0.25, 0.3) is 10.9 Å². The molecule has 0 aliphatic carbocycles. The number of H-pyrrole nitrogens is 1. The molecule has 2 aliphatic rings. The van der Waals surface area contributed by atoms with Gasteiger partial charge in [-0.1, -0.05) is 18.2 Å². The lowest BCUT2D eigenvalue weighted by molar-refractivity contribution is -0.125. The number of nitrogens with two attached hydrogens (primary N) is 1. The van der Waals surface area contributed by atoms with Crippen LogP contribution in [0, 0.1) is 0 Å². The number of hydrogen-bond donors (Lipinski definition) is 3. The minimum atomic E-state index is -0.883. The van der Waals surface area contributed by atoms with E-state index in [1.54, 1.807) is 21.0 Å². The summed E-state index contributed by atoms with van der Waals surface area (Å²) >= 11 is 0. The number of likely N-dealkylation sites (tertiary alicyclic amines) is 1. The highest BCUT2D eigenvalue weighted by molar-refractivity contribution is 5.87. The number of benzene rings is 2. The predicted octanol–water partition coefficient (Wildman–Crippen LogP) is 2.87. The van der Waals surface area contributed by atoms with Crippen molar-refractivity contribution in [3.8, 4) is 11.5 Å². The summed E-state index contributed by atoms with van der Waals surface area (Å²) < 4.78 is 11.5. The van der Waals surface area contributed by atoms with Crippen LogP contribution in [0.4, 0.5) is 0 Å². The largest absolute Gasteiger partial charge is 0.497 e. The van der Waals surface area contributed by atoms with Crippen LogP contribution in [0.2, 0.25) is 0 Å². The lowest BCUT2D eigenvalue weighted by atomic mass is 9.84. The molecule has 0 saturated carbocycles. The molecule has 0 radical (unpaired) electrons. The lowest BCUT2D eigenvalue weighted by Gasteiger charge is -2.45. The zero-order valence-corrected chi connectivity index (χ0v) is 22.2. The Balaban J connectivity index is 1.37. The molecular formula is C29H39N5O3. The Kier molecular flexibility index (Phi) is 7.16. The maximum Gasteiger partial charge on any atom is 0.239 e. The van der Waals surface area contributed by atoms with E-state index < -0.39 is 5.54 Å². The number of fused-ring (bicyclic) bond motifs is 4. The van der Waals surface area contributed by atoms with Gasteiger partial charge in [0.15, 0.2) is 0 Å². The Morgan fingerprint density at radius 3 is 2.70 bits per heavy atom. The smallest absolute Gasteiger partial charge is 0.239 e. The van der Waals surface area contributed by atoms with Crippen LogP contribution < -0.4 is 20.5 Å². The number of nitrogens with one attached hydrogen (secondary N) is 2. The average Bonchev–Trinajstić information content (AvgIpc) is 3.48. The SMILES string of the molecule is COc1ccc2[nH]c3c(c2c1)CCN(CCNC(=O)C(C)(C)N)C31CCN(CCOc2ccccc2)C1. The molecule has 5 rings (SSSR count).